The summed E-state index contributed by atoms with van der Waals surface area (Å²) in [6, 6.07) is 4.53. The molecule has 0 bridgehead atoms. The molecule has 1 unspecified atom stereocenters. The van der Waals surface area contributed by atoms with E-state index in [-0.39, 0.29) is 0 Å². The average molecular weight is 308 g/mol. The SMILES string of the molecule is CCCNCc1cc(CC)nc(N2CCSC(CC)C2)c1. The lowest BCUT2D eigenvalue weighted by Crippen LogP contribution is -2.38. The predicted octanol–water partition coefficient (Wildman–Crippen LogP) is 3.48. The molecule has 118 valence electrons. The van der Waals surface area contributed by atoms with Crippen LogP contribution in [0.3, 0.4) is 0 Å². The van der Waals surface area contributed by atoms with Crippen molar-refractivity contribution >= 4 is 17.6 Å². The van der Waals surface area contributed by atoms with Gasteiger partial charge in [0.05, 0.1) is 0 Å². The molecule has 3 nitrogen and oxygen atoms in total. The lowest BCUT2D eigenvalue weighted by molar-refractivity contribution is 0.671. The summed E-state index contributed by atoms with van der Waals surface area (Å²) in [6.45, 7) is 11.0. The topological polar surface area (TPSA) is 28.2 Å². The molecule has 1 aliphatic heterocycles. The molecule has 1 aromatic heterocycles. The van der Waals surface area contributed by atoms with Crippen LogP contribution in [0.5, 0.6) is 0 Å². The summed E-state index contributed by atoms with van der Waals surface area (Å²) in [4.78, 5) is 7.34. The Bertz CT molecular complexity index is 436. The number of aryl methyl sites for hydroxylation is 1. The van der Waals surface area contributed by atoms with E-state index in [0.29, 0.717) is 0 Å². The molecule has 0 aliphatic carbocycles. The second kappa shape index (κ2) is 8.64. The third-order valence-electron chi connectivity index (χ3n) is 3.96. The van der Waals surface area contributed by atoms with E-state index in [1.807, 2.05) is 0 Å². The highest BCUT2D eigenvalue weighted by Crippen LogP contribution is 2.25. The van der Waals surface area contributed by atoms with Crippen LogP contribution in [-0.2, 0) is 13.0 Å². The number of thioether (sulfide) groups is 1. The Morgan fingerprint density at radius 1 is 1.33 bits per heavy atom. The van der Waals surface area contributed by atoms with Gasteiger partial charge in [0, 0.05) is 36.3 Å². The third-order valence-corrected chi connectivity index (χ3v) is 5.33. The molecule has 1 fully saturated rings. The number of hydrogen-bond donors (Lipinski definition) is 1. The highest BCUT2D eigenvalue weighted by atomic mass is 32.2. The van der Waals surface area contributed by atoms with Gasteiger partial charge in [0.25, 0.3) is 0 Å². The van der Waals surface area contributed by atoms with E-state index in [0.717, 1.165) is 37.8 Å². The fourth-order valence-electron chi connectivity index (χ4n) is 2.66. The van der Waals surface area contributed by atoms with Gasteiger partial charge in [-0.05, 0) is 43.5 Å². The summed E-state index contributed by atoms with van der Waals surface area (Å²) in [5.74, 6) is 2.40. The number of anilines is 1. The van der Waals surface area contributed by atoms with Crippen molar-refractivity contribution in [1.82, 2.24) is 10.3 Å². The number of hydrogen-bond acceptors (Lipinski definition) is 4. The minimum absolute atomic E-state index is 0.757. The maximum atomic E-state index is 4.86. The number of aromatic nitrogens is 1. The maximum Gasteiger partial charge on any atom is 0.129 e. The van der Waals surface area contributed by atoms with Crippen LogP contribution < -0.4 is 10.2 Å². The fourth-order valence-corrected chi connectivity index (χ4v) is 3.84. The zero-order chi connectivity index (χ0) is 15.1. The lowest BCUT2D eigenvalue weighted by atomic mass is 10.1. The van der Waals surface area contributed by atoms with Crippen LogP contribution in [0.15, 0.2) is 12.1 Å². The van der Waals surface area contributed by atoms with E-state index < -0.39 is 0 Å². The van der Waals surface area contributed by atoms with Gasteiger partial charge in [0.2, 0.25) is 0 Å². The largest absolute Gasteiger partial charge is 0.355 e. The van der Waals surface area contributed by atoms with Crippen molar-refractivity contribution in [2.75, 3.05) is 30.3 Å². The van der Waals surface area contributed by atoms with Gasteiger partial charge in [0.15, 0.2) is 0 Å². The first-order chi connectivity index (χ1) is 10.3. The zero-order valence-electron chi connectivity index (χ0n) is 13.7. The van der Waals surface area contributed by atoms with Gasteiger partial charge < -0.3 is 10.2 Å². The molecule has 0 radical (unpaired) electrons. The molecule has 2 heterocycles. The van der Waals surface area contributed by atoms with Gasteiger partial charge in [-0.25, -0.2) is 4.98 Å². The van der Waals surface area contributed by atoms with Crippen molar-refractivity contribution in [2.45, 2.75) is 51.8 Å². The fraction of sp³-hybridized carbons (Fsp3) is 0.706. The van der Waals surface area contributed by atoms with Crippen LogP contribution in [0.2, 0.25) is 0 Å². The number of nitrogens with zero attached hydrogens (tertiary/aromatic N) is 2. The summed E-state index contributed by atoms with van der Waals surface area (Å²) in [5, 5.41) is 4.26. The molecule has 1 atom stereocenters. The number of rotatable bonds is 7. The Hall–Kier alpha value is -0.740. The molecule has 1 N–H and O–H groups in total. The van der Waals surface area contributed by atoms with E-state index in [2.05, 4.69) is 54.9 Å². The number of pyridine rings is 1. The Balaban J connectivity index is 2.11. The normalized spacial score (nSPS) is 19.0. The summed E-state index contributed by atoms with van der Waals surface area (Å²) >= 11 is 2.11. The van der Waals surface area contributed by atoms with Crippen molar-refractivity contribution < 1.29 is 0 Å². The van der Waals surface area contributed by atoms with Crippen LogP contribution in [0.4, 0.5) is 5.82 Å². The van der Waals surface area contributed by atoms with E-state index in [4.69, 9.17) is 4.98 Å². The first kappa shape index (κ1) is 16.6. The zero-order valence-corrected chi connectivity index (χ0v) is 14.5. The van der Waals surface area contributed by atoms with Gasteiger partial charge in [-0.15, -0.1) is 0 Å². The Morgan fingerprint density at radius 2 is 2.19 bits per heavy atom. The van der Waals surface area contributed by atoms with Gasteiger partial charge in [-0.2, -0.15) is 11.8 Å². The first-order valence-corrected chi connectivity index (χ1v) is 9.38. The van der Waals surface area contributed by atoms with Crippen LogP contribution in [-0.4, -0.2) is 35.6 Å². The third kappa shape index (κ3) is 4.89. The first-order valence-electron chi connectivity index (χ1n) is 8.33. The highest BCUT2D eigenvalue weighted by molar-refractivity contribution is 8.00. The monoisotopic (exact) mass is 307 g/mol. The summed E-state index contributed by atoms with van der Waals surface area (Å²) in [6.07, 6.45) is 3.44. The molecule has 1 aliphatic rings. The summed E-state index contributed by atoms with van der Waals surface area (Å²) in [5.41, 5.74) is 2.59. The molecule has 21 heavy (non-hydrogen) atoms. The highest BCUT2D eigenvalue weighted by Gasteiger charge is 2.20. The van der Waals surface area contributed by atoms with Crippen LogP contribution in [0.1, 0.15) is 44.9 Å². The van der Waals surface area contributed by atoms with Gasteiger partial charge in [-0.3, -0.25) is 0 Å². The Labute approximate surface area is 133 Å². The standard InChI is InChI=1S/C17H29N3S/c1-4-7-18-12-14-10-15(5-2)19-17(11-14)20-8-9-21-16(6-3)13-20/h10-11,16,18H,4-9,12-13H2,1-3H3. The molecule has 0 amide bonds. The van der Waals surface area contributed by atoms with Gasteiger partial charge in [-0.1, -0.05) is 20.8 Å². The minimum Gasteiger partial charge on any atom is -0.355 e. The molecule has 0 saturated carbocycles. The van der Waals surface area contributed by atoms with Crippen molar-refractivity contribution in [1.29, 1.82) is 0 Å². The van der Waals surface area contributed by atoms with E-state index >= 15 is 0 Å². The lowest BCUT2D eigenvalue weighted by Gasteiger charge is -2.33. The molecule has 0 aromatic carbocycles. The van der Waals surface area contributed by atoms with Crippen LogP contribution in [0, 0.1) is 0 Å². The summed E-state index contributed by atoms with van der Waals surface area (Å²) < 4.78 is 0. The van der Waals surface area contributed by atoms with E-state index in [1.165, 1.54) is 35.7 Å². The molecule has 2 rings (SSSR count). The quantitative estimate of drug-likeness (QED) is 0.781. The minimum atomic E-state index is 0.757. The smallest absolute Gasteiger partial charge is 0.129 e. The Kier molecular flexibility index (Phi) is 6.84. The van der Waals surface area contributed by atoms with Crippen LogP contribution in [0.25, 0.3) is 0 Å². The maximum absolute atomic E-state index is 4.86. The van der Waals surface area contributed by atoms with Crippen molar-refractivity contribution in [3.8, 4) is 0 Å². The van der Waals surface area contributed by atoms with E-state index in [9.17, 15) is 0 Å². The molecule has 0 spiro atoms. The number of nitrogens with one attached hydrogen (secondary N) is 1. The average Bonchev–Trinajstić information content (AvgIpc) is 2.55. The molecular formula is C17H29N3S. The van der Waals surface area contributed by atoms with Gasteiger partial charge in [0.1, 0.15) is 5.82 Å². The second-order valence-corrected chi connectivity index (χ2v) is 7.11. The summed E-state index contributed by atoms with van der Waals surface area (Å²) in [7, 11) is 0. The van der Waals surface area contributed by atoms with Crippen molar-refractivity contribution in [3.05, 3.63) is 23.4 Å². The van der Waals surface area contributed by atoms with Crippen molar-refractivity contribution in [2.24, 2.45) is 0 Å². The van der Waals surface area contributed by atoms with Gasteiger partial charge >= 0.3 is 0 Å². The predicted molar refractivity (Wildman–Crippen MR) is 94.4 cm³/mol. The molecular weight excluding hydrogens is 278 g/mol. The molecule has 4 heteroatoms. The van der Waals surface area contributed by atoms with Crippen molar-refractivity contribution in [3.63, 3.8) is 0 Å². The van der Waals surface area contributed by atoms with E-state index in [1.54, 1.807) is 0 Å². The molecule has 1 aromatic rings. The second-order valence-electron chi connectivity index (χ2n) is 5.70. The Morgan fingerprint density at radius 3 is 2.90 bits per heavy atom. The van der Waals surface area contributed by atoms with Crippen LogP contribution >= 0.6 is 11.8 Å². The molecule has 1 saturated heterocycles.